The minimum absolute atomic E-state index is 0.219. The lowest BCUT2D eigenvalue weighted by Crippen LogP contribution is -2.04. The number of halogens is 1. The summed E-state index contributed by atoms with van der Waals surface area (Å²) in [7, 11) is 1.64. The molecule has 18 heavy (non-hydrogen) atoms. The molecule has 0 fully saturated rings. The van der Waals surface area contributed by atoms with Crippen LogP contribution in [0.15, 0.2) is 18.5 Å². The monoisotopic (exact) mass is 246 g/mol. The summed E-state index contributed by atoms with van der Waals surface area (Å²) in [6.45, 7) is 3.67. The van der Waals surface area contributed by atoms with Crippen molar-refractivity contribution in [2.45, 2.75) is 20.3 Å². The molecule has 2 aromatic heterocycles. The zero-order valence-corrected chi connectivity index (χ0v) is 10.7. The van der Waals surface area contributed by atoms with E-state index in [0.29, 0.717) is 11.5 Å². The predicted molar refractivity (Wildman–Crippen MR) is 68.9 cm³/mol. The fraction of sp³-hybridized carbons (Fsp3) is 0.308. The number of aryl methyl sites for hydroxylation is 2. The normalized spacial score (nSPS) is 10.4. The average molecular weight is 246 g/mol. The molecule has 0 saturated carbocycles. The molecule has 1 N–H and O–H groups in total. The van der Waals surface area contributed by atoms with Gasteiger partial charge in [0.25, 0.3) is 0 Å². The molecule has 0 spiro atoms. The summed E-state index contributed by atoms with van der Waals surface area (Å²) in [6, 6.07) is 1.85. The van der Waals surface area contributed by atoms with Crippen LogP contribution in [-0.4, -0.2) is 22.0 Å². The zero-order valence-electron chi connectivity index (χ0n) is 10.7. The molecule has 0 atom stereocenters. The van der Waals surface area contributed by atoms with Crippen molar-refractivity contribution in [1.82, 2.24) is 15.0 Å². The van der Waals surface area contributed by atoms with Crippen molar-refractivity contribution < 1.29 is 4.39 Å². The van der Waals surface area contributed by atoms with E-state index in [1.807, 2.05) is 13.0 Å². The van der Waals surface area contributed by atoms with Gasteiger partial charge in [0, 0.05) is 25.0 Å². The van der Waals surface area contributed by atoms with Crippen molar-refractivity contribution in [3.05, 3.63) is 35.5 Å². The summed E-state index contributed by atoms with van der Waals surface area (Å²) >= 11 is 0. The number of hydrogen-bond acceptors (Lipinski definition) is 4. The summed E-state index contributed by atoms with van der Waals surface area (Å²) in [4.78, 5) is 12.5. The summed E-state index contributed by atoms with van der Waals surface area (Å²) in [5, 5.41) is 2.74. The van der Waals surface area contributed by atoms with Crippen LogP contribution in [0.4, 0.5) is 10.2 Å². The molecule has 0 aliphatic carbocycles. The van der Waals surface area contributed by atoms with Gasteiger partial charge in [0.2, 0.25) is 0 Å². The molecule has 0 radical (unpaired) electrons. The third-order valence-corrected chi connectivity index (χ3v) is 2.78. The largest absolute Gasteiger partial charge is 0.371 e. The maximum Gasteiger partial charge on any atom is 0.186 e. The lowest BCUT2D eigenvalue weighted by molar-refractivity contribution is 0.607. The quantitative estimate of drug-likeness (QED) is 0.904. The first-order chi connectivity index (χ1) is 8.67. The number of nitrogens with one attached hydrogen (secondary N) is 1. The van der Waals surface area contributed by atoms with Crippen LogP contribution in [0, 0.1) is 12.7 Å². The van der Waals surface area contributed by atoms with Crippen LogP contribution in [0.1, 0.15) is 18.2 Å². The van der Waals surface area contributed by atoms with Gasteiger partial charge < -0.3 is 5.32 Å². The summed E-state index contributed by atoms with van der Waals surface area (Å²) in [6.07, 6.45) is 4.31. The highest BCUT2D eigenvalue weighted by atomic mass is 19.1. The number of pyridine rings is 1. The van der Waals surface area contributed by atoms with Crippen LogP contribution in [0.5, 0.6) is 0 Å². The minimum atomic E-state index is -0.409. The lowest BCUT2D eigenvalue weighted by atomic mass is 10.1. The highest BCUT2D eigenvalue weighted by Gasteiger charge is 2.13. The Balaban J connectivity index is 2.61. The van der Waals surface area contributed by atoms with Gasteiger partial charge in [-0.25, -0.2) is 14.4 Å². The fourth-order valence-electron chi connectivity index (χ4n) is 1.77. The lowest BCUT2D eigenvalue weighted by Gasteiger charge is -2.09. The molecule has 0 aliphatic rings. The van der Waals surface area contributed by atoms with Gasteiger partial charge in [-0.05, 0) is 25.0 Å². The van der Waals surface area contributed by atoms with Crippen LogP contribution in [0.25, 0.3) is 11.4 Å². The van der Waals surface area contributed by atoms with Gasteiger partial charge in [0.1, 0.15) is 0 Å². The third kappa shape index (κ3) is 2.16. The van der Waals surface area contributed by atoms with E-state index in [4.69, 9.17) is 0 Å². The molecule has 0 aliphatic heterocycles. The highest BCUT2D eigenvalue weighted by Crippen LogP contribution is 2.23. The topological polar surface area (TPSA) is 50.7 Å². The van der Waals surface area contributed by atoms with Crippen molar-refractivity contribution in [1.29, 1.82) is 0 Å². The van der Waals surface area contributed by atoms with Crippen LogP contribution >= 0.6 is 0 Å². The number of rotatable bonds is 3. The first-order valence-electron chi connectivity index (χ1n) is 5.82. The van der Waals surface area contributed by atoms with Crippen molar-refractivity contribution in [2.75, 3.05) is 12.4 Å². The molecule has 94 valence electrons. The van der Waals surface area contributed by atoms with E-state index >= 15 is 0 Å². The second-order valence-corrected chi connectivity index (χ2v) is 3.93. The zero-order chi connectivity index (χ0) is 13.1. The Labute approximate surface area is 105 Å². The molecule has 5 heteroatoms. The van der Waals surface area contributed by atoms with Gasteiger partial charge in [-0.3, -0.25) is 4.98 Å². The molecule has 0 aromatic carbocycles. The highest BCUT2D eigenvalue weighted by molar-refractivity contribution is 5.61. The van der Waals surface area contributed by atoms with Crippen molar-refractivity contribution >= 4 is 5.82 Å². The number of hydrogen-bond donors (Lipinski definition) is 1. The van der Waals surface area contributed by atoms with Crippen molar-refractivity contribution in [3.63, 3.8) is 0 Å². The molecule has 0 amide bonds. The summed E-state index contributed by atoms with van der Waals surface area (Å²) in [5.74, 6) is 0.335. The van der Waals surface area contributed by atoms with Gasteiger partial charge in [-0.15, -0.1) is 0 Å². The Morgan fingerprint density at radius 3 is 2.78 bits per heavy atom. The van der Waals surface area contributed by atoms with E-state index in [1.165, 1.54) is 0 Å². The van der Waals surface area contributed by atoms with Gasteiger partial charge >= 0.3 is 0 Å². The van der Waals surface area contributed by atoms with Crippen LogP contribution in [0.3, 0.4) is 0 Å². The van der Waals surface area contributed by atoms with Crippen molar-refractivity contribution in [2.24, 2.45) is 0 Å². The van der Waals surface area contributed by atoms with Gasteiger partial charge in [0.05, 0.1) is 5.69 Å². The van der Waals surface area contributed by atoms with Gasteiger partial charge in [-0.1, -0.05) is 6.92 Å². The second-order valence-electron chi connectivity index (χ2n) is 3.93. The molecule has 0 bridgehead atoms. The molecule has 0 unspecified atom stereocenters. The molecule has 2 rings (SSSR count). The Hall–Kier alpha value is -2.04. The van der Waals surface area contributed by atoms with Crippen LogP contribution < -0.4 is 5.32 Å². The van der Waals surface area contributed by atoms with Gasteiger partial charge in [0.15, 0.2) is 17.5 Å². The number of anilines is 1. The Bertz CT molecular complexity index is 569. The Morgan fingerprint density at radius 1 is 1.33 bits per heavy atom. The smallest absolute Gasteiger partial charge is 0.186 e. The Kier molecular flexibility index (Phi) is 3.50. The Morgan fingerprint density at radius 2 is 2.11 bits per heavy atom. The van der Waals surface area contributed by atoms with E-state index in [-0.39, 0.29) is 5.82 Å². The first-order valence-corrected chi connectivity index (χ1v) is 5.82. The maximum absolute atomic E-state index is 13.7. The predicted octanol–water partition coefficient (Wildman–Crippen LogP) is 2.59. The maximum atomic E-state index is 13.7. The van der Waals surface area contributed by atoms with E-state index in [9.17, 15) is 4.39 Å². The molecule has 0 saturated heterocycles. The molecular formula is C13H15FN4. The van der Waals surface area contributed by atoms with E-state index < -0.39 is 5.82 Å². The van der Waals surface area contributed by atoms with Crippen LogP contribution in [0.2, 0.25) is 0 Å². The fourth-order valence-corrected chi connectivity index (χ4v) is 1.77. The van der Waals surface area contributed by atoms with E-state index in [1.54, 1.807) is 26.4 Å². The number of nitrogens with zero attached hydrogens (tertiary/aromatic N) is 3. The van der Waals surface area contributed by atoms with E-state index in [0.717, 1.165) is 17.5 Å². The summed E-state index contributed by atoms with van der Waals surface area (Å²) < 4.78 is 13.7. The molecule has 2 heterocycles. The minimum Gasteiger partial charge on any atom is -0.371 e. The standard InChI is InChI=1S/C13H15FN4/c1-4-9-7-16-6-5-10(9)12-17-8(2)11(14)13(15-3)18-12/h5-7H,4H2,1-3H3,(H,15,17,18). The molecule has 4 nitrogen and oxygen atoms in total. The van der Waals surface area contributed by atoms with E-state index in [2.05, 4.69) is 20.3 Å². The van der Waals surface area contributed by atoms with Gasteiger partial charge in [-0.2, -0.15) is 0 Å². The van der Waals surface area contributed by atoms with Crippen LogP contribution in [-0.2, 0) is 6.42 Å². The second kappa shape index (κ2) is 5.08. The third-order valence-electron chi connectivity index (χ3n) is 2.78. The number of aromatic nitrogens is 3. The first kappa shape index (κ1) is 12.4. The molecule has 2 aromatic rings. The SMILES string of the molecule is CCc1cnccc1-c1nc(C)c(F)c(NC)n1. The molecular weight excluding hydrogens is 231 g/mol. The summed E-state index contributed by atoms with van der Waals surface area (Å²) in [5.41, 5.74) is 2.28. The van der Waals surface area contributed by atoms with Crippen molar-refractivity contribution in [3.8, 4) is 11.4 Å². The average Bonchev–Trinajstić information content (AvgIpc) is 2.41.